The number of hydrogen-bond donors (Lipinski definition) is 2. The molecule has 8 nitrogen and oxygen atoms in total. The molecule has 30 heavy (non-hydrogen) atoms. The van der Waals surface area contributed by atoms with Crippen molar-refractivity contribution in [1.29, 1.82) is 0 Å². The normalized spacial score (nSPS) is 16.6. The van der Waals surface area contributed by atoms with Gasteiger partial charge in [0.25, 0.3) is 0 Å². The molecule has 1 aliphatic rings. The van der Waals surface area contributed by atoms with E-state index in [0.29, 0.717) is 18.5 Å². The number of rotatable bonds is 9. The average molecular weight is 414 g/mol. The van der Waals surface area contributed by atoms with E-state index in [0.717, 1.165) is 50.2 Å². The lowest BCUT2D eigenvalue weighted by Gasteiger charge is -2.39. The lowest BCUT2D eigenvalue weighted by atomic mass is 9.92. The Bertz CT molecular complexity index is 768. The van der Waals surface area contributed by atoms with Crippen LogP contribution in [-0.2, 0) is 11.3 Å². The standard InChI is InChI=1S/C22H35N7O/c1-4-19(5-2)20(28-11-13-30-14-12-28)17-26-22(23-3)25-16-18-7-9-24-21(15-18)29-10-6-8-27-29/h6-10,15,19-20H,4-5,11-14,16-17H2,1-3H3,(H2,23,25,26). The van der Waals surface area contributed by atoms with Gasteiger partial charge in [0.2, 0.25) is 0 Å². The Morgan fingerprint density at radius 1 is 1.20 bits per heavy atom. The number of nitrogens with one attached hydrogen (secondary N) is 2. The van der Waals surface area contributed by atoms with Gasteiger partial charge in [0.15, 0.2) is 11.8 Å². The van der Waals surface area contributed by atoms with Crippen molar-refractivity contribution in [3.63, 3.8) is 0 Å². The lowest BCUT2D eigenvalue weighted by Crippen LogP contribution is -2.53. The van der Waals surface area contributed by atoms with Gasteiger partial charge in [-0.25, -0.2) is 9.67 Å². The van der Waals surface area contributed by atoms with Crippen molar-refractivity contribution in [1.82, 2.24) is 30.3 Å². The van der Waals surface area contributed by atoms with Crippen molar-refractivity contribution in [2.45, 2.75) is 39.3 Å². The van der Waals surface area contributed by atoms with E-state index in [9.17, 15) is 0 Å². The fourth-order valence-electron chi connectivity index (χ4n) is 4.04. The van der Waals surface area contributed by atoms with Crippen LogP contribution in [0.4, 0.5) is 0 Å². The van der Waals surface area contributed by atoms with E-state index in [1.165, 1.54) is 12.8 Å². The summed E-state index contributed by atoms with van der Waals surface area (Å²) in [5.74, 6) is 2.28. The minimum atomic E-state index is 0.481. The maximum absolute atomic E-state index is 5.56. The summed E-state index contributed by atoms with van der Waals surface area (Å²) in [5.41, 5.74) is 1.13. The Hall–Kier alpha value is -2.45. The third-order valence-corrected chi connectivity index (χ3v) is 5.82. The van der Waals surface area contributed by atoms with Gasteiger partial charge in [-0.2, -0.15) is 5.10 Å². The average Bonchev–Trinajstić information content (AvgIpc) is 3.34. The van der Waals surface area contributed by atoms with Gasteiger partial charge < -0.3 is 15.4 Å². The van der Waals surface area contributed by atoms with Crippen molar-refractivity contribution in [3.8, 4) is 5.82 Å². The topological polar surface area (TPSA) is 79.6 Å². The van der Waals surface area contributed by atoms with E-state index < -0.39 is 0 Å². The number of guanidine groups is 1. The molecular formula is C22H35N7O. The van der Waals surface area contributed by atoms with Gasteiger partial charge in [0.05, 0.1) is 13.2 Å². The molecule has 164 valence electrons. The van der Waals surface area contributed by atoms with Crippen molar-refractivity contribution < 1.29 is 4.74 Å². The van der Waals surface area contributed by atoms with E-state index in [-0.39, 0.29) is 0 Å². The number of morpholine rings is 1. The van der Waals surface area contributed by atoms with Crippen LogP contribution < -0.4 is 10.6 Å². The molecule has 0 radical (unpaired) electrons. The summed E-state index contributed by atoms with van der Waals surface area (Å²) in [6, 6.07) is 6.42. The Morgan fingerprint density at radius 2 is 2.00 bits per heavy atom. The minimum absolute atomic E-state index is 0.481. The Labute approximate surface area is 179 Å². The van der Waals surface area contributed by atoms with E-state index in [2.05, 4.69) is 44.5 Å². The zero-order valence-corrected chi connectivity index (χ0v) is 18.4. The summed E-state index contributed by atoms with van der Waals surface area (Å²) in [6.45, 7) is 9.77. The molecule has 2 aromatic rings. The predicted molar refractivity (Wildman–Crippen MR) is 120 cm³/mol. The number of nitrogens with zero attached hydrogens (tertiary/aromatic N) is 5. The molecule has 2 N–H and O–H groups in total. The first-order chi connectivity index (χ1) is 14.7. The predicted octanol–water partition coefficient (Wildman–Crippen LogP) is 2.07. The molecule has 0 saturated carbocycles. The number of hydrogen-bond acceptors (Lipinski definition) is 5. The Morgan fingerprint density at radius 3 is 2.67 bits per heavy atom. The molecule has 3 rings (SSSR count). The highest BCUT2D eigenvalue weighted by atomic mass is 16.5. The van der Waals surface area contributed by atoms with Crippen LogP contribution >= 0.6 is 0 Å². The van der Waals surface area contributed by atoms with Crippen LogP contribution in [0.5, 0.6) is 0 Å². The second-order valence-electron chi connectivity index (χ2n) is 7.57. The molecule has 1 atom stereocenters. The van der Waals surface area contributed by atoms with Crippen molar-refractivity contribution in [2.75, 3.05) is 39.9 Å². The van der Waals surface area contributed by atoms with E-state index >= 15 is 0 Å². The number of pyridine rings is 1. The Kier molecular flexibility index (Phi) is 8.65. The van der Waals surface area contributed by atoms with Gasteiger partial charge in [0.1, 0.15) is 0 Å². The molecule has 1 saturated heterocycles. The molecular weight excluding hydrogens is 378 g/mol. The molecule has 0 aromatic carbocycles. The van der Waals surface area contributed by atoms with Gasteiger partial charge in [0, 0.05) is 57.9 Å². The highest BCUT2D eigenvalue weighted by Gasteiger charge is 2.27. The first kappa shape index (κ1) is 22.2. The molecule has 0 bridgehead atoms. The van der Waals surface area contributed by atoms with Crippen LogP contribution in [0.3, 0.4) is 0 Å². The third-order valence-electron chi connectivity index (χ3n) is 5.82. The van der Waals surface area contributed by atoms with Crippen molar-refractivity contribution >= 4 is 5.96 Å². The van der Waals surface area contributed by atoms with Crippen LogP contribution in [-0.4, -0.2) is 71.6 Å². The maximum atomic E-state index is 5.56. The molecule has 1 unspecified atom stereocenters. The zero-order valence-electron chi connectivity index (χ0n) is 18.4. The second-order valence-corrected chi connectivity index (χ2v) is 7.57. The molecule has 1 fully saturated rings. The molecule has 1 aliphatic heterocycles. The second kappa shape index (κ2) is 11.7. The molecule has 3 heterocycles. The summed E-state index contributed by atoms with van der Waals surface area (Å²) in [5, 5.41) is 11.2. The first-order valence-corrected chi connectivity index (χ1v) is 11.0. The largest absolute Gasteiger partial charge is 0.379 e. The fraction of sp³-hybridized carbons (Fsp3) is 0.591. The van der Waals surface area contributed by atoms with Gasteiger partial charge in [-0.3, -0.25) is 9.89 Å². The van der Waals surface area contributed by atoms with E-state index in [4.69, 9.17) is 4.74 Å². The maximum Gasteiger partial charge on any atom is 0.191 e. The van der Waals surface area contributed by atoms with Crippen molar-refractivity contribution in [2.24, 2.45) is 10.9 Å². The first-order valence-electron chi connectivity index (χ1n) is 11.0. The third kappa shape index (κ3) is 6.03. The summed E-state index contributed by atoms with van der Waals surface area (Å²) in [7, 11) is 1.82. The van der Waals surface area contributed by atoms with Crippen LogP contribution in [0, 0.1) is 5.92 Å². The summed E-state index contributed by atoms with van der Waals surface area (Å²) in [4.78, 5) is 11.4. The van der Waals surface area contributed by atoms with Crippen LogP contribution in [0.15, 0.2) is 41.8 Å². The summed E-state index contributed by atoms with van der Waals surface area (Å²) in [6.07, 6.45) is 7.82. The smallest absolute Gasteiger partial charge is 0.191 e. The summed E-state index contributed by atoms with van der Waals surface area (Å²) >= 11 is 0. The monoisotopic (exact) mass is 413 g/mol. The van der Waals surface area contributed by atoms with Crippen LogP contribution in [0.1, 0.15) is 32.3 Å². The fourth-order valence-corrected chi connectivity index (χ4v) is 4.04. The van der Waals surface area contributed by atoms with Crippen molar-refractivity contribution in [3.05, 3.63) is 42.4 Å². The summed E-state index contributed by atoms with van der Waals surface area (Å²) < 4.78 is 7.32. The zero-order chi connectivity index (χ0) is 21.2. The molecule has 0 aliphatic carbocycles. The number of aromatic nitrogens is 3. The minimum Gasteiger partial charge on any atom is -0.379 e. The molecule has 0 spiro atoms. The highest BCUT2D eigenvalue weighted by molar-refractivity contribution is 5.79. The van der Waals surface area contributed by atoms with Gasteiger partial charge in [-0.1, -0.05) is 26.7 Å². The van der Waals surface area contributed by atoms with Crippen LogP contribution in [0.25, 0.3) is 5.82 Å². The van der Waals surface area contributed by atoms with Gasteiger partial charge in [-0.15, -0.1) is 0 Å². The number of ether oxygens (including phenoxy) is 1. The van der Waals surface area contributed by atoms with E-state index in [1.54, 1.807) is 10.9 Å². The Balaban J connectivity index is 1.57. The number of aliphatic imine (C=N–C) groups is 1. The van der Waals surface area contributed by atoms with Gasteiger partial charge >= 0.3 is 0 Å². The van der Waals surface area contributed by atoms with Crippen LogP contribution in [0.2, 0.25) is 0 Å². The SMILES string of the molecule is CCC(CC)C(CNC(=NC)NCc1ccnc(-n2cccn2)c1)N1CCOCC1. The molecule has 2 aromatic heterocycles. The van der Waals surface area contributed by atoms with E-state index in [1.807, 2.05) is 37.6 Å². The quantitative estimate of drug-likeness (QED) is 0.484. The molecule has 0 amide bonds. The lowest BCUT2D eigenvalue weighted by molar-refractivity contribution is 0.00272. The molecule has 8 heteroatoms. The van der Waals surface area contributed by atoms with Gasteiger partial charge in [-0.05, 0) is 29.7 Å². The highest BCUT2D eigenvalue weighted by Crippen LogP contribution is 2.19.